The fourth-order valence-electron chi connectivity index (χ4n) is 2.54. The van der Waals surface area contributed by atoms with E-state index in [1.807, 2.05) is 12.1 Å². The van der Waals surface area contributed by atoms with Crippen molar-refractivity contribution in [3.8, 4) is 0 Å². The molecule has 1 aliphatic rings. The molecule has 0 fully saturated rings. The molecule has 1 nitrogen and oxygen atoms in total. The van der Waals surface area contributed by atoms with Crippen molar-refractivity contribution in [2.24, 2.45) is 0 Å². The molecule has 0 aliphatic carbocycles. The highest BCUT2D eigenvalue weighted by molar-refractivity contribution is 7.99. The van der Waals surface area contributed by atoms with Gasteiger partial charge in [-0.25, -0.2) is 0 Å². The van der Waals surface area contributed by atoms with Crippen LogP contribution >= 0.6 is 23.4 Å². The van der Waals surface area contributed by atoms with E-state index in [1.54, 1.807) is 11.8 Å². The zero-order valence-corrected chi connectivity index (χ0v) is 13.8. The van der Waals surface area contributed by atoms with E-state index in [4.69, 9.17) is 11.6 Å². The van der Waals surface area contributed by atoms with Gasteiger partial charge < -0.3 is 4.90 Å². The lowest BCUT2D eigenvalue weighted by atomic mass is 9.96. The molecule has 1 aliphatic heterocycles. The molecule has 0 saturated carbocycles. The van der Waals surface area contributed by atoms with Gasteiger partial charge in [-0.2, -0.15) is 0 Å². The summed E-state index contributed by atoms with van der Waals surface area (Å²) in [6.07, 6.45) is 3.38. The molecule has 3 heteroatoms. The third-order valence-corrected chi connectivity index (χ3v) is 5.22. The standard InChI is InChI=1S/C18H18ClNS/c1-20(2)12-6-9-13-14-7-3-4-11-17(14)21-18-15(13)8-5-10-16(18)19/h3-5,7-11H,6,12H2,1-2H3/b13-9-. The maximum Gasteiger partial charge on any atom is 0.0551 e. The fourth-order valence-corrected chi connectivity index (χ4v) is 3.94. The minimum atomic E-state index is 0.838. The summed E-state index contributed by atoms with van der Waals surface area (Å²) >= 11 is 8.17. The predicted octanol–water partition coefficient (Wildman–Crippen LogP) is 5.19. The van der Waals surface area contributed by atoms with E-state index in [2.05, 4.69) is 55.4 Å². The van der Waals surface area contributed by atoms with Crippen LogP contribution in [0.5, 0.6) is 0 Å². The quantitative estimate of drug-likeness (QED) is 0.654. The van der Waals surface area contributed by atoms with Gasteiger partial charge in [0, 0.05) is 16.3 Å². The number of hydrogen-bond donors (Lipinski definition) is 0. The van der Waals surface area contributed by atoms with E-state index in [-0.39, 0.29) is 0 Å². The summed E-state index contributed by atoms with van der Waals surface area (Å²) in [4.78, 5) is 4.67. The Hall–Kier alpha value is -1.22. The van der Waals surface area contributed by atoms with Gasteiger partial charge in [0.2, 0.25) is 0 Å². The second-order valence-corrected chi connectivity index (χ2v) is 6.88. The number of fused-ring (bicyclic) bond motifs is 2. The highest BCUT2D eigenvalue weighted by Crippen LogP contribution is 2.47. The third-order valence-electron chi connectivity index (χ3n) is 3.57. The van der Waals surface area contributed by atoms with Crippen molar-refractivity contribution in [2.45, 2.75) is 16.2 Å². The monoisotopic (exact) mass is 315 g/mol. The first kappa shape index (κ1) is 14.7. The molecule has 0 atom stereocenters. The van der Waals surface area contributed by atoms with Crippen molar-refractivity contribution in [2.75, 3.05) is 20.6 Å². The van der Waals surface area contributed by atoms with Gasteiger partial charge >= 0.3 is 0 Å². The Morgan fingerprint density at radius 1 is 1.05 bits per heavy atom. The highest BCUT2D eigenvalue weighted by atomic mass is 35.5. The van der Waals surface area contributed by atoms with Crippen molar-refractivity contribution >= 4 is 28.9 Å². The summed E-state index contributed by atoms with van der Waals surface area (Å²) in [6, 6.07) is 14.7. The van der Waals surface area contributed by atoms with Crippen molar-refractivity contribution in [3.05, 3.63) is 64.7 Å². The summed E-state index contributed by atoms with van der Waals surface area (Å²) in [6.45, 7) is 1.05. The van der Waals surface area contributed by atoms with Gasteiger partial charge in [0.15, 0.2) is 0 Å². The Bertz CT molecular complexity index is 691. The van der Waals surface area contributed by atoms with Crippen LogP contribution in [-0.4, -0.2) is 25.5 Å². The van der Waals surface area contributed by atoms with Gasteiger partial charge in [-0.3, -0.25) is 0 Å². The summed E-state index contributed by atoms with van der Waals surface area (Å²) in [5, 5.41) is 0.838. The molecule has 0 N–H and O–H groups in total. The molecule has 0 spiro atoms. The second kappa shape index (κ2) is 6.27. The van der Waals surface area contributed by atoms with Crippen molar-refractivity contribution in [1.82, 2.24) is 4.90 Å². The molecule has 1 heterocycles. The molecular weight excluding hydrogens is 298 g/mol. The second-order valence-electron chi connectivity index (χ2n) is 5.42. The maximum absolute atomic E-state index is 6.40. The predicted molar refractivity (Wildman–Crippen MR) is 92.3 cm³/mol. The average Bonchev–Trinajstić information content (AvgIpc) is 2.47. The average molecular weight is 316 g/mol. The fraction of sp³-hybridized carbons (Fsp3) is 0.222. The topological polar surface area (TPSA) is 3.24 Å². The van der Waals surface area contributed by atoms with E-state index in [0.29, 0.717) is 0 Å². The molecule has 2 aromatic rings. The first-order valence-electron chi connectivity index (χ1n) is 7.08. The molecular formula is C18H18ClNS. The number of halogens is 1. The smallest absolute Gasteiger partial charge is 0.0551 e. The number of hydrogen-bond acceptors (Lipinski definition) is 2. The van der Waals surface area contributed by atoms with Gasteiger partial charge in [0.1, 0.15) is 0 Å². The lowest BCUT2D eigenvalue weighted by Crippen LogP contribution is -2.12. The third kappa shape index (κ3) is 3.03. The van der Waals surface area contributed by atoms with Crippen LogP contribution in [0.15, 0.2) is 58.3 Å². The number of nitrogens with zero attached hydrogens (tertiary/aromatic N) is 1. The summed E-state index contributed by atoms with van der Waals surface area (Å²) in [5.74, 6) is 0. The summed E-state index contributed by atoms with van der Waals surface area (Å²) in [7, 11) is 4.21. The van der Waals surface area contributed by atoms with Crippen molar-refractivity contribution < 1.29 is 0 Å². The Morgan fingerprint density at radius 3 is 2.62 bits per heavy atom. The molecule has 3 rings (SSSR count). The van der Waals surface area contributed by atoms with Gasteiger partial charge in [-0.05, 0) is 49.3 Å². The molecule has 0 saturated heterocycles. The van der Waals surface area contributed by atoms with Crippen molar-refractivity contribution in [1.29, 1.82) is 0 Å². The Kier molecular flexibility index (Phi) is 4.39. The van der Waals surface area contributed by atoms with Crippen LogP contribution in [0.1, 0.15) is 17.5 Å². The Balaban J connectivity index is 2.08. The minimum absolute atomic E-state index is 0.838. The van der Waals surface area contributed by atoms with E-state index in [0.717, 1.165) is 18.0 Å². The SMILES string of the molecule is CN(C)CC/C=C1/c2ccccc2Sc2c(Cl)cccc21. The zero-order valence-electron chi connectivity index (χ0n) is 12.3. The van der Waals surface area contributed by atoms with Crippen LogP contribution in [0.3, 0.4) is 0 Å². The molecule has 0 amide bonds. The Labute approximate surface area is 135 Å². The largest absolute Gasteiger partial charge is 0.309 e. The van der Waals surface area contributed by atoms with Crippen LogP contribution in [0.2, 0.25) is 5.02 Å². The van der Waals surface area contributed by atoms with E-state index < -0.39 is 0 Å². The molecule has 0 unspecified atom stereocenters. The van der Waals surface area contributed by atoms with E-state index in [1.165, 1.54) is 26.5 Å². The Morgan fingerprint density at radius 2 is 1.81 bits per heavy atom. The van der Waals surface area contributed by atoms with Gasteiger partial charge in [0.25, 0.3) is 0 Å². The molecule has 0 aromatic heterocycles. The molecule has 21 heavy (non-hydrogen) atoms. The molecule has 2 aromatic carbocycles. The lowest BCUT2D eigenvalue weighted by molar-refractivity contribution is 0.417. The first-order valence-corrected chi connectivity index (χ1v) is 8.27. The number of rotatable bonds is 3. The van der Waals surface area contributed by atoms with Gasteiger partial charge in [0.05, 0.1) is 5.02 Å². The van der Waals surface area contributed by atoms with E-state index in [9.17, 15) is 0 Å². The van der Waals surface area contributed by atoms with Crippen LogP contribution in [0, 0.1) is 0 Å². The lowest BCUT2D eigenvalue weighted by Gasteiger charge is -2.23. The molecule has 0 radical (unpaired) electrons. The van der Waals surface area contributed by atoms with Gasteiger partial charge in [-0.15, -0.1) is 0 Å². The normalized spacial score (nSPS) is 15.1. The molecule has 0 bridgehead atoms. The van der Waals surface area contributed by atoms with Crippen LogP contribution in [0.4, 0.5) is 0 Å². The highest BCUT2D eigenvalue weighted by Gasteiger charge is 2.21. The zero-order chi connectivity index (χ0) is 14.8. The number of benzene rings is 2. The summed E-state index contributed by atoms with van der Waals surface area (Å²) in [5.41, 5.74) is 3.88. The van der Waals surface area contributed by atoms with Crippen LogP contribution < -0.4 is 0 Å². The van der Waals surface area contributed by atoms with Gasteiger partial charge in [-0.1, -0.05) is 59.8 Å². The maximum atomic E-state index is 6.40. The van der Waals surface area contributed by atoms with Crippen LogP contribution in [0.25, 0.3) is 5.57 Å². The van der Waals surface area contributed by atoms with Crippen molar-refractivity contribution in [3.63, 3.8) is 0 Å². The van der Waals surface area contributed by atoms with E-state index >= 15 is 0 Å². The molecule has 108 valence electrons. The summed E-state index contributed by atoms with van der Waals surface area (Å²) < 4.78 is 0. The minimum Gasteiger partial charge on any atom is -0.309 e. The van der Waals surface area contributed by atoms with Crippen LogP contribution in [-0.2, 0) is 0 Å². The first-order chi connectivity index (χ1) is 10.2.